The molecule has 0 radical (unpaired) electrons. The van der Waals surface area contributed by atoms with E-state index in [-0.39, 0.29) is 16.6 Å². The number of hydrogen-bond donors (Lipinski definition) is 2. The number of furan rings is 1. The number of aromatic nitrogens is 2. The number of hydrogen-bond acceptors (Lipinski definition) is 6. The predicted molar refractivity (Wildman–Crippen MR) is 90.7 cm³/mol. The quantitative estimate of drug-likeness (QED) is 0.724. The fraction of sp³-hybridized carbons (Fsp3) is 0.0625. The number of amides is 1. The van der Waals surface area contributed by atoms with E-state index in [0.29, 0.717) is 11.4 Å². The van der Waals surface area contributed by atoms with Gasteiger partial charge in [0.2, 0.25) is 5.95 Å². The van der Waals surface area contributed by atoms with Crippen molar-refractivity contribution in [2.24, 2.45) is 0 Å². The Bertz CT molecular complexity index is 983. The van der Waals surface area contributed by atoms with E-state index in [9.17, 15) is 13.2 Å². The molecular weight excluding hydrogens is 344 g/mol. The molecule has 0 unspecified atom stereocenters. The SMILES string of the molecule is Cc1ccnc(NS(=O)(=O)c2ccc(NC(=O)c3ccco3)cc2)n1. The van der Waals surface area contributed by atoms with Gasteiger partial charge in [0.15, 0.2) is 5.76 Å². The molecule has 2 N–H and O–H groups in total. The number of nitrogens with zero attached hydrogens (tertiary/aromatic N) is 2. The third-order valence-corrected chi connectivity index (χ3v) is 4.53. The summed E-state index contributed by atoms with van der Waals surface area (Å²) in [5.74, 6) is -0.267. The summed E-state index contributed by atoms with van der Waals surface area (Å²) in [5.41, 5.74) is 1.08. The number of anilines is 2. The van der Waals surface area contributed by atoms with Crippen molar-refractivity contribution in [2.75, 3.05) is 10.0 Å². The van der Waals surface area contributed by atoms with Crippen molar-refractivity contribution in [3.05, 3.63) is 66.4 Å². The van der Waals surface area contributed by atoms with Crippen molar-refractivity contribution < 1.29 is 17.6 Å². The lowest BCUT2D eigenvalue weighted by atomic mass is 10.3. The minimum atomic E-state index is -3.82. The van der Waals surface area contributed by atoms with Crippen LogP contribution in [-0.2, 0) is 10.0 Å². The van der Waals surface area contributed by atoms with E-state index >= 15 is 0 Å². The Kier molecular flexibility index (Phi) is 4.48. The molecule has 1 amide bonds. The fourth-order valence-corrected chi connectivity index (χ4v) is 2.95. The van der Waals surface area contributed by atoms with Crippen LogP contribution in [0.3, 0.4) is 0 Å². The number of sulfonamides is 1. The molecule has 2 heterocycles. The summed E-state index contributed by atoms with van der Waals surface area (Å²) in [5, 5.41) is 2.61. The number of carbonyl (C=O) groups is 1. The van der Waals surface area contributed by atoms with E-state index in [4.69, 9.17) is 4.42 Å². The summed E-state index contributed by atoms with van der Waals surface area (Å²) >= 11 is 0. The number of benzene rings is 1. The lowest BCUT2D eigenvalue weighted by Crippen LogP contribution is -2.15. The third-order valence-electron chi connectivity index (χ3n) is 3.19. The van der Waals surface area contributed by atoms with Gasteiger partial charge in [0.25, 0.3) is 15.9 Å². The first-order chi connectivity index (χ1) is 11.9. The summed E-state index contributed by atoms with van der Waals surface area (Å²) in [4.78, 5) is 19.8. The van der Waals surface area contributed by atoms with Crippen LogP contribution in [0.2, 0.25) is 0 Å². The molecule has 0 aliphatic carbocycles. The smallest absolute Gasteiger partial charge is 0.291 e. The minimum absolute atomic E-state index is 0.00445. The molecule has 0 aliphatic rings. The lowest BCUT2D eigenvalue weighted by molar-refractivity contribution is 0.0996. The van der Waals surface area contributed by atoms with Gasteiger partial charge in [-0.2, -0.15) is 0 Å². The maximum atomic E-state index is 12.3. The summed E-state index contributed by atoms with van der Waals surface area (Å²) in [6.45, 7) is 1.73. The molecule has 1 aromatic carbocycles. The van der Waals surface area contributed by atoms with Crippen LogP contribution in [0.15, 0.2) is 64.2 Å². The second-order valence-corrected chi connectivity index (χ2v) is 6.77. The van der Waals surface area contributed by atoms with Crippen molar-refractivity contribution in [1.29, 1.82) is 0 Å². The van der Waals surface area contributed by atoms with Crippen LogP contribution in [0.1, 0.15) is 16.2 Å². The normalized spacial score (nSPS) is 11.1. The minimum Gasteiger partial charge on any atom is -0.459 e. The van der Waals surface area contributed by atoms with Gasteiger partial charge >= 0.3 is 0 Å². The Morgan fingerprint density at radius 1 is 1.12 bits per heavy atom. The van der Waals surface area contributed by atoms with Gasteiger partial charge in [-0.25, -0.2) is 23.1 Å². The monoisotopic (exact) mass is 358 g/mol. The molecule has 0 saturated carbocycles. The van der Waals surface area contributed by atoms with Crippen molar-refractivity contribution in [2.45, 2.75) is 11.8 Å². The summed E-state index contributed by atoms with van der Waals surface area (Å²) < 4.78 is 32.0. The molecule has 25 heavy (non-hydrogen) atoms. The van der Waals surface area contributed by atoms with Crippen LogP contribution in [0, 0.1) is 6.92 Å². The highest BCUT2D eigenvalue weighted by atomic mass is 32.2. The van der Waals surface area contributed by atoms with E-state index in [0.717, 1.165) is 0 Å². The summed E-state index contributed by atoms with van der Waals surface area (Å²) in [6.07, 6.45) is 2.86. The highest BCUT2D eigenvalue weighted by Gasteiger charge is 2.16. The Hall–Kier alpha value is -3.20. The first-order valence-corrected chi connectivity index (χ1v) is 8.70. The second-order valence-electron chi connectivity index (χ2n) is 5.08. The molecule has 128 valence electrons. The Morgan fingerprint density at radius 2 is 1.88 bits per heavy atom. The first-order valence-electron chi connectivity index (χ1n) is 7.21. The van der Waals surface area contributed by atoms with Crippen molar-refractivity contribution in [3.63, 3.8) is 0 Å². The zero-order valence-electron chi connectivity index (χ0n) is 13.1. The highest BCUT2D eigenvalue weighted by molar-refractivity contribution is 7.92. The van der Waals surface area contributed by atoms with Gasteiger partial charge in [-0.3, -0.25) is 4.79 Å². The standard InChI is InChI=1S/C16H14N4O4S/c1-11-8-9-17-16(18-11)20-25(22,23)13-6-4-12(5-7-13)19-15(21)14-3-2-10-24-14/h2-10H,1H3,(H,19,21)(H,17,18,20). The largest absolute Gasteiger partial charge is 0.459 e. The summed E-state index contributed by atoms with van der Waals surface area (Å²) in [7, 11) is -3.82. The molecule has 0 spiro atoms. The maximum absolute atomic E-state index is 12.3. The first kappa shape index (κ1) is 16.7. The van der Waals surface area contributed by atoms with E-state index in [2.05, 4.69) is 20.0 Å². The molecule has 0 atom stereocenters. The van der Waals surface area contributed by atoms with E-state index in [1.54, 1.807) is 19.1 Å². The molecular formula is C16H14N4O4S. The van der Waals surface area contributed by atoms with E-state index < -0.39 is 15.9 Å². The van der Waals surface area contributed by atoms with E-state index in [1.807, 2.05) is 0 Å². The molecule has 3 aromatic rings. The van der Waals surface area contributed by atoms with Gasteiger partial charge in [0.1, 0.15) is 0 Å². The Balaban J connectivity index is 1.73. The molecule has 0 fully saturated rings. The van der Waals surface area contributed by atoms with Crippen LogP contribution in [0.25, 0.3) is 0 Å². The molecule has 8 nitrogen and oxygen atoms in total. The van der Waals surface area contributed by atoms with Gasteiger partial charge in [0, 0.05) is 17.6 Å². The van der Waals surface area contributed by atoms with Gasteiger partial charge in [-0.15, -0.1) is 0 Å². The molecule has 3 rings (SSSR count). The van der Waals surface area contributed by atoms with Crippen molar-refractivity contribution in [3.8, 4) is 0 Å². The Labute approximate surface area is 144 Å². The van der Waals surface area contributed by atoms with Crippen LogP contribution >= 0.6 is 0 Å². The Morgan fingerprint density at radius 3 is 2.52 bits per heavy atom. The number of carbonyl (C=O) groups excluding carboxylic acids is 1. The maximum Gasteiger partial charge on any atom is 0.291 e. The van der Waals surface area contributed by atoms with Crippen LogP contribution in [0.4, 0.5) is 11.6 Å². The number of aryl methyl sites for hydroxylation is 1. The van der Waals surface area contributed by atoms with Gasteiger partial charge < -0.3 is 9.73 Å². The highest BCUT2D eigenvalue weighted by Crippen LogP contribution is 2.17. The van der Waals surface area contributed by atoms with Crippen LogP contribution in [0.5, 0.6) is 0 Å². The van der Waals surface area contributed by atoms with Crippen molar-refractivity contribution in [1.82, 2.24) is 9.97 Å². The van der Waals surface area contributed by atoms with Crippen LogP contribution < -0.4 is 10.0 Å². The van der Waals surface area contributed by atoms with Crippen molar-refractivity contribution >= 4 is 27.6 Å². The third kappa shape index (κ3) is 4.01. The molecule has 9 heteroatoms. The predicted octanol–water partition coefficient (Wildman–Crippen LogP) is 2.43. The second kappa shape index (κ2) is 6.73. The average molecular weight is 358 g/mol. The zero-order chi connectivity index (χ0) is 17.9. The van der Waals surface area contributed by atoms with E-state index in [1.165, 1.54) is 42.8 Å². The molecule has 0 saturated heterocycles. The molecule has 0 bridgehead atoms. The zero-order valence-corrected chi connectivity index (χ0v) is 13.9. The van der Waals surface area contributed by atoms with Crippen LogP contribution in [-0.4, -0.2) is 24.3 Å². The number of rotatable bonds is 5. The van der Waals surface area contributed by atoms with Gasteiger partial charge in [0.05, 0.1) is 11.2 Å². The van der Waals surface area contributed by atoms with Gasteiger partial charge in [-0.05, 0) is 49.4 Å². The fourth-order valence-electron chi connectivity index (χ4n) is 2.00. The number of nitrogens with one attached hydrogen (secondary N) is 2. The summed E-state index contributed by atoms with van der Waals surface area (Å²) in [6, 6.07) is 10.5. The van der Waals surface area contributed by atoms with Gasteiger partial charge in [-0.1, -0.05) is 0 Å². The average Bonchev–Trinajstić information content (AvgIpc) is 3.09. The molecule has 0 aliphatic heterocycles. The lowest BCUT2D eigenvalue weighted by Gasteiger charge is -2.08. The molecule has 2 aromatic heterocycles. The topological polar surface area (TPSA) is 114 Å².